The molecule has 0 radical (unpaired) electrons. The number of hydrogen-bond donors (Lipinski definition) is 1. The average molecular weight is 471 g/mol. The van der Waals surface area contributed by atoms with Gasteiger partial charge in [-0.05, 0) is 29.8 Å². The highest BCUT2D eigenvalue weighted by atomic mass is 32.2. The smallest absolute Gasteiger partial charge is 0.416 e. The van der Waals surface area contributed by atoms with Crippen LogP contribution in [0.1, 0.15) is 30.7 Å². The summed E-state index contributed by atoms with van der Waals surface area (Å²) in [6.07, 6.45) is -4.59. The van der Waals surface area contributed by atoms with Crippen LogP contribution in [0, 0.1) is 0 Å². The van der Waals surface area contributed by atoms with Gasteiger partial charge in [0.1, 0.15) is 15.9 Å². The molecule has 0 bridgehead atoms. The molecule has 0 saturated carbocycles. The van der Waals surface area contributed by atoms with Crippen LogP contribution in [-0.4, -0.2) is 9.67 Å². The zero-order chi connectivity index (χ0) is 23.7. The van der Waals surface area contributed by atoms with Gasteiger partial charge in [0.2, 0.25) is 0 Å². The van der Waals surface area contributed by atoms with Crippen LogP contribution in [0.2, 0.25) is 0 Å². The summed E-state index contributed by atoms with van der Waals surface area (Å²) in [5, 5.41) is 10.6. The van der Waals surface area contributed by atoms with E-state index in [0.717, 1.165) is 28.5 Å². The molecular weight excluding hydrogens is 455 g/mol. The Balaban J connectivity index is 1.81. The maximum atomic E-state index is 13.5. The van der Waals surface area contributed by atoms with Crippen LogP contribution in [0.5, 0.6) is 5.75 Å². The molecule has 168 valence electrons. The van der Waals surface area contributed by atoms with E-state index in [-0.39, 0.29) is 21.6 Å². The molecule has 2 aromatic heterocycles. The summed E-state index contributed by atoms with van der Waals surface area (Å²) in [7, 11) is 0. The molecule has 1 aliphatic rings. The lowest BCUT2D eigenvalue weighted by Gasteiger charge is -2.20. The van der Waals surface area contributed by atoms with Crippen molar-refractivity contribution in [1.29, 1.82) is 0 Å². The second kappa shape index (κ2) is 7.02. The predicted octanol–water partition coefficient (Wildman–Crippen LogP) is 5.46. The first-order chi connectivity index (χ1) is 15.5. The Kier molecular flexibility index (Phi) is 4.55. The van der Waals surface area contributed by atoms with Crippen molar-refractivity contribution >= 4 is 22.7 Å². The zero-order valence-electron chi connectivity index (χ0n) is 17.4. The quantitative estimate of drug-likeness (QED) is 0.420. The molecule has 4 aromatic rings. The third-order valence-electron chi connectivity index (χ3n) is 5.85. The van der Waals surface area contributed by atoms with Gasteiger partial charge < -0.3 is 9.52 Å². The number of benzene rings is 2. The highest BCUT2D eigenvalue weighted by Gasteiger charge is 2.40. The molecule has 0 amide bonds. The third-order valence-corrected chi connectivity index (χ3v) is 6.93. The number of aromatic nitrogens is 1. The first kappa shape index (κ1) is 21.4. The molecule has 5 rings (SSSR count). The number of pyridine rings is 1. The number of aromatic hydroxyl groups is 1. The largest absolute Gasteiger partial charge is 0.505 e. The van der Waals surface area contributed by atoms with Crippen LogP contribution < -0.4 is 11.2 Å². The summed E-state index contributed by atoms with van der Waals surface area (Å²) in [6.45, 7) is 3.53. The molecule has 0 fully saturated rings. The van der Waals surface area contributed by atoms with Crippen molar-refractivity contribution in [3.05, 3.63) is 92.2 Å². The molecule has 9 heteroatoms. The van der Waals surface area contributed by atoms with Crippen molar-refractivity contribution in [1.82, 2.24) is 4.57 Å². The molecule has 33 heavy (non-hydrogen) atoms. The Bertz CT molecular complexity index is 1550. The van der Waals surface area contributed by atoms with Gasteiger partial charge in [-0.3, -0.25) is 9.36 Å². The van der Waals surface area contributed by atoms with Crippen LogP contribution in [-0.2, 0) is 11.6 Å². The SMILES string of the molecule is CC1(C)c2ccc(C(F)(F)F)cc2-n2c1cc1oc(=O)c(Sc3ccccc3)c(O)c1c2=O. The lowest BCUT2D eigenvalue weighted by atomic mass is 9.83. The summed E-state index contributed by atoms with van der Waals surface area (Å²) in [4.78, 5) is 26.6. The van der Waals surface area contributed by atoms with E-state index in [0.29, 0.717) is 16.2 Å². The van der Waals surface area contributed by atoms with Crippen molar-refractivity contribution < 1.29 is 22.7 Å². The Morgan fingerprint density at radius 3 is 2.39 bits per heavy atom. The molecule has 0 unspecified atom stereocenters. The summed E-state index contributed by atoms with van der Waals surface area (Å²) < 4.78 is 46.6. The molecule has 0 atom stereocenters. The molecule has 0 spiro atoms. The molecule has 0 aliphatic carbocycles. The second-order valence-corrected chi connectivity index (χ2v) is 9.33. The maximum Gasteiger partial charge on any atom is 0.416 e. The lowest BCUT2D eigenvalue weighted by Crippen LogP contribution is -2.24. The fourth-order valence-corrected chi connectivity index (χ4v) is 5.05. The van der Waals surface area contributed by atoms with Crippen molar-refractivity contribution in [2.24, 2.45) is 0 Å². The topological polar surface area (TPSA) is 72.4 Å². The van der Waals surface area contributed by atoms with Gasteiger partial charge >= 0.3 is 11.8 Å². The van der Waals surface area contributed by atoms with Gasteiger partial charge in [-0.25, -0.2) is 4.79 Å². The minimum Gasteiger partial charge on any atom is -0.505 e. The van der Waals surface area contributed by atoms with Gasteiger partial charge in [0.05, 0.1) is 11.3 Å². The fourth-order valence-electron chi connectivity index (χ4n) is 4.20. The number of nitrogens with zero attached hydrogens (tertiary/aromatic N) is 1. The van der Waals surface area contributed by atoms with Crippen molar-refractivity contribution in [2.45, 2.75) is 35.2 Å². The van der Waals surface area contributed by atoms with E-state index in [1.54, 1.807) is 44.2 Å². The van der Waals surface area contributed by atoms with E-state index in [1.165, 1.54) is 12.1 Å². The van der Waals surface area contributed by atoms with Gasteiger partial charge in [0.25, 0.3) is 5.56 Å². The van der Waals surface area contributed by atoms with Crippen LogP contribution in [0.4, 0.5) is 13.2 Å². The van der Waals surface area contributed by atoms with Crippen LogP contribution in [0.15, 0.2) is 78.4 Å². The molecule has 1 N–H and O–H groups in total. The van der Waals surface area contributed by atoms with Crippen molar-refractivity contribution in [3.63, 3.8) is 0 Å². The highest BCUT2D eigenvalue weighted by molar-refractivity contribution is 7.99. The maximum absolute atomic E-state index is 13.5. The lowest BCUT2D eigenvalue weighted by molar-refractivity contribution is -0.137. The second-order valence-electron chi connectivity index (χ2n) is 8.25. The molecule has 2 aromatic carbocycles. The fraction of sp³-hybridized carbons (Fsp3) is 0.167. The monoisotopic (exact) mass is 471 g/mol. The highest BCUT2D eigenvalue weighted by Crippen LogP contribution is 2.45. The van der Waals surface area contributed by atoms with E-state index < -0.39 is 34.1 Å². The Labute approximate surface area is 189 Å². The average Bonchev–Trinajstić information content (AvgIpc) is 2.98. The number of rotatable bonds is 2. The summed E-state index contributed by atoms with van der Waals surface area (Å²) in [6, 6.07) is 13.4. The standard InChI is InChI=1S/C24H16F3NO4S/c1-23(2)14-9-8-12(24(25,26)27)10-15(14)28-17(23)11-16-18(21(28)30)19(29)20(22(31)32-16)33-13-6-4-3-5-7-13/h3-11,29H,1-2H3. The summed E-state index contributed by atoms with van der Waals surface area (Å²) in [5.74, 6) is -0.561. The van der Waals surface area contributed by atoms with Gasteiger partial charge in [-0.2, -0.15) is 13.2 Å². The molecule has 3 heterocycles. The number of fused-ring (bicyclic) bond motifs is 4. The van der Waals surface area contributed by atoms with Gasteiger partial charge in [-0.1, -0.05) is 49.9 Å². The molecule has 5 nitrogen and oxygen atoms in total. The van der Waals surface area contributed by atoms with E-state index in [2.05, 4.69) is 0 Å². The number of halogens is 3. The van der Waals surface area contributed by atoms with Crippen LogP contribution >= 0.6 is 11.8 Å². The van der Waals surface area contributed by atoms with Gasteiger partial charge in [0, 0.05) is 22.1 Å². The normalized spacial score (nSPS) is 14.3. The zero-order valence-corrected chi connectivity index (χ0v) is 18.2. The number of alkyl halides is 3. The van der Waals surface area contributed by atoms with Gasteiger partial charge in [-0.15, -0.1) is 0 Å². The van der Waals surface area contributed by atoms with Crippen LogP contribution in [0.25, 0.3) is 16.7 Å². The van der Waals surface area contributed by atoms with Crippen molar-refractivity contribution in [3.8, 4) is 11.4 Å². The van der Waals surface area contributed by atoms with E-state index in [9.17, 15) is 27.9 Å². The van der Waals surface area contributed by atoms with E-state index >= 15 is 0 Å². The molecule has 0 saturated heterocycles. The first-order valence-electron chi connectivity index (χ1n) is 9.91. The van der Waals surface area contributed by atoms with E-state index in [4.69, 9.17) is 4.42 Å². The molecule has 1 aliphatic heterocycles. The minimum atomic E-state index is -4.59. The minimum absolute atomic E-state index is 0.0830. The summed E-state index contributed by atoms with van der Waals surface area (Å²) >= 11 is 0.936. The van der Waals surface area contributed by atoms with Gasteiger partial charge in [0.15, 0.2) is 5.75 Å². The predicted molar refractivity (Wildman–Crippen MR) is 117 cm³/mol. The van der Waals surface area contributed by atoms with Crippen LogP contribution in [0.3, 0.4) is 0 Å². The number of hydrogen-bond acceptors (Lipinski definition) is 5. The Morgan fingerprint density at radius 2 is 1.73 bits per heavy atom. The Morgan fingerprint density at radius 1 is 1.03 bits per heavy atom. The Hall–Kier alpha value is -3.46. The summed E-state index contributed by atoms with van der Waals surface area (Å²) in [5.41, 5.74) is -2.46. The van der Waals surface area contributed by atoms with E-state index in [1.807, 2.05) is 0 Å². The van der Waals surface area contributed by atoms with Crippen molar-refractivity contribution in [2.75, 3.05) is 0 Å². The third kappa shape index (κ3) is 3.18. The molecular formula is C24H16F3NO4S. The first-order valence-corrected chi connectivity index (χ1v) is 10.7.